The van der Waals surface area contributed by atoms with Crippen molar-refractivity contribution in [2.45, 2.75) is 46.5 Å². The van der Waals surface area contributed by atoms with Crippen LogP contribution in [0, 0.1) is 0 Å². The summed E-state index contributed by atoms with van der Waals surface area (Å²) in [4.78, 5) is 28.8. The quantitative estimate of drug-likeness (QED) is 0.577. The van der Waals surface area contributed by atoms with Crippen LogP contribution in [0.3, 0.4) is 0 Å². The molecule has 0 N–H and O–H groups in total. The molecule has 1 aromatic rings. The van der Waals surface area contributed by atoms with Gasteiger partial charge in [0.2, 0.25) is 12.2 Å². The molecule has 1 rings (SSSR count). The van der Waals surface area contributed by atoms with Gasteiger partial charge in [-0.05, 0) is 30.4 Å². The van der Waals surface area contributed by atoms with Crippen LogP contribution >= 0.6 is 0 Å². The Hall–Kier alpha value is -2.02. The third-order valence-electron chi connectivity index (χ3n) is 3.10. The Kier molecular flexibility index (Phi) is 5.87. The number of carbonyl (C=O) groups excluding carboxylic acids is 2. The summed E-state index contributed by atoms with van der Waals surface area (Å²) >= 11 is 0. The topological polar surface area (TPSA) is 58.9 Å². The first-order valence-electron chi connectivity index (χ1n) is 6.56. The summed E-state index contributed by atoms with van der Waals surface area (Å²) in [6.07, 6.45) is 6.42. The first-order valence-corrected chi connectivity index (χ1v) is 6.56. The molecule has 4 heteroatoms. The molecule has 1 aromatic carbocycles. The molecule has 100 valence electrons. The molecule has 0 heterocycles. The Morgan fingerprint density at radius 2 is 1.53 bits per heavy atom. The van der Waals surface area contributed by atoms with E-state index in [1.807, 2.05) is 19.9 Å². The normalized spacial score (nSPS) is 9.63. The first kappa shape index (κ1) is 15.0. The molecule has 0 bridgehead atoms. The molecule has 0 saturated carbocycles. The van der Waals surface area contributed by atoms with Gasteiger partial charge in [0.1, 0.15) is 0 Å². The summed E-state index contributed by atoms with van der Waals surface area (Å²) in [7, 11) is 0. The van der Waals surface area contributed by atoms with Gasteiger partial charge >= 0.3 is 0 Å². The van der Waals surface area contributed by atoms with Crippen molar-refractivity contribution >= 4 is 23.5 Å². The van der Waals surface area contributed by atoms with Crippen LogP contribution in [-0.4, -0.2) is 12.2 Å². The lowest BCUT2D eigenvalue weighted by molar-refractivity contribution is 0.564. The minimum Gasteiger partial charge on any atom is -0.211 e. The van der Waals surface area contributed by atoms with Crippen molar-refractivity contribution in [1.82, 2.24) is 0 Å². The molecule has 0 aromatic heterocycles. The lowest BCUT2D eigenvalue weighted by Crippen LogP contribution is -1.96. The highest BCUT2D eigenvalue weighted by molar-refractivity contribution is 5.72. The molecule has 0 aliphatic carbocycles. The third-order valence-corrected chi connectivity index (χ3v) is 3.10. The SMILES string of the molecule is CCCc1cc(CC)c(N=C=O)c(CC)c1N=C=O. The van der Waals surface area contributed by atoms with Gasteiger partial charge in [0.05, 0.1) is 11.4 Å². The molecule has 0 aliphatic heterocycles. The highest BCUT2D eigenvalue weighted by Gasteiger charge is 2.15. The molecule has 19 heavy (non-hydrogen) atoms. The van der Waals surface area contributed by atoms with E-state index < -0.39 is 0 Å². The summed E-state index contributed by atoms with van der Waals surface area (Å²) in [6, 6.07) is 1.98. The van der Waals surface area contributed by atoms with Crippen molar-refractivity contribution < 1.29 is 9.59 Å². The average molecular weight is 258 g/mol. The third kappa shape index (κ3) is 3.25. The summed E-state index contributed by atoms with van der Waals surface area (Å²) in [5.41, 5.74) is 4.06. The zero-order valence-corrected chi connectivity index (χ0v) is 11.6. The second-order valence-electron chi connectivity index (χ2n) is 4.23. The van der Waals surface area contributed by atoms with E-state index in [9.17, 15) is 9.59 Å². The number of isocyanates is 2. The van der Waals surface area contributed by atoms with Crippen LogP contribution < -0.4 is 0 Å². The molecule has 4 nitrogen and oxygen atoms in total. The highest BCUT2D eigenvalue weighted by Crippen LogP contribution is 2.37. The molecular formula is C15H18N2O2. The monoisotopic (exact) mass is 258 g/mol. The fourth-order valence-corrected chi connectivity index (χ4v) is 2.28. The highest BCUT2D eigenvalue weighted by atomic mass is 16.1. The minimum atomic E-state index is 0.605. The zero-order chi connectivity index (χ0) is 14.3. The van der Waals surface area contributed by atoms with E-state index >= 15 is 0 Å². The van der Waals surface area contributed by atoms with Gasteiger partial charge in [-0.15, -0.1) is 0 Å². The number of nitrogens with zero attached hydrogens (tertiary/aromatic N) is 2. The number of hydrogen-bond donors (Lipinski definition) is 0. The second-order valence-corrected chi connectivity index (χ2v) is 4.23. The van der Waals surface area contributed by atoms with Gasteiger partial charge in [0.25, 0.3) is 0 Å². The minimum absolute atomic E-state index is 0.605. The van der Waals surface area contributed by atoms with Crippen molar-refractivity contribution in [3.63, 3.8) is 0 Å². The van der Waals surface area contributed by atoms with Crippen LogP contribution in [0.15, 0.2) is 16.1 Å². The fraction of sp³-hybridized carbons (Fsp3) is 0.467. The van der Waals surface area contributed by atoms with Crippen molar-refractivity contribution in [2.75, 3.05) is 0 Å². The summed E-state index contributed by atoms with van der Waals surface area (Å²) in [5, 5.41) is 0. The Balaban J connectivity index is 3.69. The number of benzene rings is 1. The average Bonchev–Trinajstić information content (AvgIpc) is 2.42. The van der Waals surface area contributed by atoms with Gasteiger partial charge in [-0.3, -0.25) is 0 Å². The van der Waals surface area contributed by atoms with E-state index in [1.165, 1.54) is 0 Å². The molecule has 0 radical (unpaired) electrons. The van der Waals surface area contributed by atoms with Crippen molar-refractivity contribution in [3.8, 4) is 0 Å². The molecule has 0 spiro atoms. The molecule has 0 atom stereocenters. The van der Waals surface area contributed by atoms with Crippen molar-refractivity contribution in [2.24, 2.45) is 9.98 Å². The second kappa shape index (κ2) is 7.42. The van der Waals surface area contributed by atoms with Gasteiger partial charge in [-0.2, -0.15) is 9.98 Å². The molecule has 0 aliphatic rings. The number of hydrogen-bond acceptors (Lipinski definition) is 4. The molecular weight excluding hydrogens is 240 g/mol. The van der Waals surface area contributed by atoms with Crippen LogP contribution in [0.5, 0.6) is 0 Å². The Bertz CT molecular complexity index is 552. The maximum atomic E-state index is 10.6. The van der Waals surface area contributed by atoms with E-state index in [-0.39, 0.29) is 0 Å². The molecule has 0 fully saturated rings. The molecule has 0 saturated heterocycles. The van der Waals surface area contributed by atoms with Gasteiger partial charge < -0.3 is 0 Å². The van der Waals surface area contributed by atoms with E-state index in [4.69, 9.17) is 0 Å². The number of aryl methyl sites for hydroxylation is 2. The van der Waals surface area contributed by atoms with Crippen molar-refractivity contribution in [1.29, 1.82) is 0 Å². The standard InChI is InChI=1S/C15H18N2O2/c1-4-7-12-8-11(5-2)14(16-9-18)13(6-3)15(12)17-10-19/h8H,4-7H2,1-3H3. The Morgan fingerprint density at radius 3 is 1.95 bits per heavy atom. The van der Waals surface area contributed by atoms with Gasteiger partial charge in [0.15, 0.2) is 0 Å². The first-order chi connectivity index (χ1) is 9.23. The summed E-state index contributed by atoms with van der Waals surface area (Å²) in [5.74, 6) is 0. The maximum Gasteiger partial charge on any atom is 0.240 e. The number of rotatable bonds is 6. The maximum absolute atomic E-state index is 10.6. The van der Waals surface area contributed by atoms with E-state index in [1.54, 1.807) is 12.2 Å². The zero-order valence-electron chi connectivity index (χ0n) is 11.6. The Morgan fingerprint density at radius 1 is 0.947 bits per heavy atom. The molecule has 0 unspecified atom stereocenters. The van der Waals surface area contributed by atoms with E-state index in [0.717, 1.165) is 36.0 Å². The lowest BCUT2D eigenvalue weighted by Gasteiger charge is -2.14. The lowest BCUT2D eigenvalue weighted by atomic mass is 9.94. The number of aliphatic imine (C=N–C) groups is 2. The van der Waals surface area contributed by atoms with Crippen LogP contribution in [0.2, 0.25) is 0 Å². The summed E-state index contributed by atoms with van der Waals surface area (Å²) in [6.45, 7) is 6.04. The van der Waals surface area contributed by atoms with Crippen LogP contribution in [0.1, 0.15) is 43.9 Å². The van der Waals surface area contributed by atoms with Crippen molar-refractivity contribution in [3.05, 3.63) is 22.8 Å². The van der Waals surface area contributed by atoms with Crippen LogP contribution in [0.25, 0.3) is 0 Å². The smallest absolute Gasteiger partial charge is 0.211 e. The fourth-order valence-electron chi connectivity index (χ4n) is 2.28. The summed E-state index contributed by atoms with van der Waals surface area (Å²) < 4.78 is 0. The Labute approximate surface area is 113 Å². The van der Waals surface area contributed by atoms with Crippen LogP contribution in [-0.2, 0) is 28.9 Å². The van der Waals surface area contributed by atoms with Gasteiger partial charge in [-0.25, -0.2) is 9.59 Å². The van der Waals surface area contributed by atoms with E-state index in [0.29, 0.717) is 17.8 Å². The largest absolute Gasteiger partial charge is 0.240 e. The molecule has 0 amide bonds. The van der Waals surface area contributed by atoms with Gasteiger partial charge in [0, 0.05) is 5.56 Å². The van der Waals surface area contributed by atoms with E-state index in [2.05, 4.69) is 16.9 Å². The van der Waals surface area contributed by atoms with Crippen LogP contribution in [0.4, 0.5) is 11.4 Å². The predicted octanol–water partition coefficient (Wildman–Crippen LogP) is 3.70. The van der Waals surface area contributed by atoms with Gasteiger partial charge in [-0.1, -0.05) is 33.3 Å². The predicted molar refractivity (Wildman–Crippen MR) is 74.8 cm³/mol.